The lowest BCUT2D eigenvalue weighted by Gasteiger charge is -2.28. The Morgan fingerprint density at radius 2 is 1.60 bits per heavy atom. The normalized spacial score (nSPS) is 16.2. The minimum Gasteiger partial charge on any atom is -0.314 e. The van der Waals surface area contributed by atoms with Gasteiger partial charge in [0.25, 0.3) is 0 Å². The van der Waals surface area contributed by atoms with E-state index in [9.17, 15) is 13.2 Å². The van der Waals surface area contributed by atoms with Gasteiger partial charge in [0.2, 0.25) is 0 Å². The average molecular weight is 217 g/mol. The molecular formula is C11H14F3N. The Morgan fingerprint density at radius 3 is 2.00 bits per heavy atom. The maximum Gasteiger partial charge on any atom is 0.410 e. The summed E-state index contributed by atoms with van der Waals surface area (Å²) < 4.78 is 37.9. The highest BCUT2D eigenvalue weighted by atomic mass is 19.4. The van der Waals surface area contributed by atoms with E-state index in [0.29, 0.717) is 0 Å². The SMILES string of the molecule is Cc1ccc(C(C)(N)C(F)(F)F)cc1C. The maximum atomic E-state index is 12.6. The molecule has 0 radical (unpaired) electrons. The highest BCUT2D eigenvalue weighted by Gasteiger charge is 2.49. The first-order valence-electron chi connectivity index (χ1n) is 4.59. The number of nitrogens with two attached hydrogens (primary N) is 1. The largest absolute Gasteiger partial charge is 0.410 e. The summed E-state index contributed by atoms with van der Waals surface area (Å²) in [5, 5.41) is 0. The first-order chi connectivity index (χ1) is 6.66. The Morgan fingerprint density at radius 1 is 1.07 bits per heavy atom. The van der Waals surface area contributed by atoms with Crippen LogP contribution in [-0.4, -0.2) is 6.18 Å². The minimum atomic E-state index is -4.44. The monoisotopic (exact) mass is 217 g/mol. The third kappa shape index (κ3) is 2.15. The van der Waals surface area contributed by atoms with Crippen molar-refractivity contribution in [1.82, 2.24) is 0 Å². The van der Waals surface area contributed by atoms with Crippen molar-refractivity contribution < 1.29 is 13.2 Å². The van der Waals surface area contributed by atoms with E-state index in [0.717, 1.165) is 18.1 Å². The maximum absolute atomic E-state index is 12.6. The Balaban J connectivity index is 3.22. The Bertz CT molecular complexity index is 367. The van der Waals surface area contributed by atoms with Gasteiger partial charge in [-0.2, -0.15) is 13.2 Å². The second kappa shape index (κ2) is 3.52. The van der Waals surface area contributed by atoms with Crippen LogP contribution in [0.4, 0.5) is 13.2 Å². The van der Waals surface area contributed by atoms with Crippen molar-refractivity contribution >= 4 is 0 Å². The van der Waals surface area contributed by atoms with Crippen LogP contribution < -0.4 is 5.73 Å². The van der Waals surface area contributed by atoms with Crippen LogP contribution in [0.2, 0.25) is 0 Å². The van der Waals surface area contributed by atoms with Gasteiger partial charge in [-0.15, -0.1) is 0 Å². The van der Waals surface area contributed by atoms with Gasteiger partial charge in [-0.3, -0.25) is 0 Å². The van der Waals surface area contributed by atoms with Crippen molar-refractivity contribution in [3.8, 4) is 0 Å². The van der Waals surface area contributed by atoms with Gasteiger partial charge in [0, 0.05) is 0 Å². The molecule has 0 aromatic heterocycles. The summed E-state index contributed by atoms with van der Waals surface area (Å²) in [7, 11) is 0. The second-order valence-corrected chi connectivity index (χ2v) is 4.00. The van der Waals surface area contributed by atoms with Crippen LogP contribution in [-0.2, 0) is 5.54 Å². The topological polar surface area (TPSA) is 26.0 Å². The molecule has 1 unspecified atom stereocenters. The molecule has 1 aromatic rings. The third-order valence-electron chi connectivity index (χ3n) is 2.70. The van der Waals surface area contributed by atoms with Gasteiger partial charge in [0.15, 0.2) is 0 Å². The van der Waals surface area contributed by atoms with Gasteiger partial charge >= 0.3 is 6.18 Å². The van der Waals surface area contributed by atoms with Crippen molar-refractivity contribution in [1.29, 1.82) is 0 Å². The van der Waals surface area contributed by atoms with Crippen LogP contribution >= 0.6 is 0 Å². The molecule has 0 fully saturated rings. The number of alkyl halides is 3. The van der Waals surface area contributed by atoms with Crippen molar-refractivity contribution in [2.24, 2.45) is 5.73 Å². The zero-order valence-electron chi connectivity index (χ0n) is 8.94. The molecule has 0 amide bonds. The standard InChI is InChI=1S/C11H14F3N/c1-7-4-5-9(6-8(7)2)10(3,15)11(12,13)14/h4-6H,15H2,1-3H3. The first-order valence-corrected chi connectivity index (χ1v) is 4.59. The smallest absolute Gasteiger partial charge is 0.314 e. The zero-order chi connectivity index (χ0) is 11.9. The first kappa shape index (κ1) is 12.0. The minimum absolute atomic E-state index is 0.0955. The van der Waals surface area contributed by atoms with E-state index in [4.69, 9.17) is 5.73 Å². The van der Waals surface area contributed by atoms with E-state index in [1.807, 2.05) is 6.92 Å². The molecule has 2 N–H and O–H groups in total. The summed E-state index contributed by atoms with van der Waals surface area (Å²) in [5.41, 5.74) is 4.89. The van der Waals surface area contributed by atoms with E-state index in [1.165, 1.54) is 12.1 Å². The van der Waals surface area contributed by atoms with Crippen LogP contribution in [0, 0.1) is 13.8 Å². The molecule has 15 heavy (non-hydrogen) atoms. The number of rotatable bonds is 1. The summed E-state index contributed by atoms with van der Waals surface area (Å²) in [6, 6.07) is 4.57. The van der Waals surface area contributed by atoms with E-state index in [1.54, 1.807) is 13.0 Å². The summed E-state index contributed by atoms with van der Waals surface area (Å²) in [4.78, 5) is 0. The molecule has 4 heteroatoms. The molecule has 0 bridgehead atoms. The number of hydrogen-bond donors (Lipinski definition) is 1. The lowest BCUT2D eigenvalue weighted by atomic mass is 9.90. The molecule has 0 heterocycles. The fourth-order valence-corrected chi connectivity index (χ4v) is 1.23. The summed E-state index contributed by atoms with van der Waals surface area (Å²) >= 11 is 0. The average Bonchev–Trinajstić information content (AvgIpc) is 2.07. The van der Waals surface area contributed by atoms with E-state index >= 15 is 0 Å². The van der Waals surface area contributed by atoms with Gasteiger partial charge in [-0.1, -0.05) is 18.2 Å². The predicted molar refractivity (Wildman–Crippen MR) is 53.5 cm³/mol. The van der Waals surface area contributed by atoms with Gasteiger partial charge in [0.1, 0.15) is 5.54 Å². The van der Waals surface area contributed by atoms with Crippen molar-refractivity contribution in [3.05, 3.63) is 34.9 Å². The number of hydrogen-bond acceptors (Lipinski definition) is 1. The van der Waals surface area contributed by atoms with Crippen molar-refractivity contribution in [2.45, 2.75) is 32.5 Å². The fourth-order valence-electron chi connectivity index (χ4n) is 1.23. The lowest BCUT2D eigenvalue weighted by Crippen LogP contribution is -2.47. The van der Waals surface area contributed by atoms with Crippen LogP contribution in [0.5, 0.6) is 0 Å². The van der Waals surface area contributed by atoms with E-state index in [2.05, 4.69) is 0 Å². The molecule has 0 aliphatic carbocycles. The molecule has 0 aliphatic rings. The lowest BCUT2D eigenvalue weighted by molar-refractivity contribution is -0.184. The molecule has 0 saturated heterocycles. The van der Waals surface area contributed by atoms with Gasteiger partial charge < -0.3 is 5.73 Å². The summed E-state index contributed by atoms with van der Waals surface area (Å²) in [5.74, 6) is 0. The molecule has 1 aromatic carbocycles. The molecule has 0 saturated carbocycles. The Labute approximate surface area is 87.1 Å². The summed E-state index contributed by atoms with van der Waals surface area (Å²) in [6.45, 7) is 4.60. The van der Waals surface area contributed by atoms with Crippen LogP contribution in [0.25, 0.3) is 0 Å². The molecular weight excluding hydrogens is 203 g/mol. The van der Waals surface area contributed by atoms with Gasteiger partial charge in [-0.05, 0) is 37.5 Å². The summed E-state index contributed by atoms with van der Waals surface area (Å²) in [6.07, 6.45) is -4.44. The zero-order valence-corrected chi connectivity index (χ0v) is 8.94. The molecule has 84 valence electrons. The highest BCUT2D eigenvalue weighted by molar-refractivity contribution is 5.34. The number of benzene rings is 1. The quantitative estimate of drug-likeness (QED) is 0.768. The number of aryl methyl sites for hydroxylation is 2. The Hall–Kier alpha value is -1.03. The van der Waals surface area contributed by atoms with Crippen LogP contribution in [0.15, 0.2) is 18.2 Å². The van der Waals surface area contributed by atoms with E-state index in [-0.39, 0.29) is 5.56 Å². The molecule has 0 spiro atoms. The molecule has 1 nitrogen and oxygen atoms in total. The molecule has 0 aliphatic heterocycles. The van der Waals surface area contributed by atoms with Crippen LogP contribution in [0.1, 0.15) is 23.6 Å². The predicted octanol–water partition coefficient (Wildman–Crippen LogP) is 3.04. The number of halogens is 3. The van der Waals surface area contributed by atoms with Gasteiger partial charge in [0.05, 0.1) is 0 Å². The fraction of sp³-hybridized carbons (Fsp3) is 0.455. The molecule has 1 atom stereocenters. The molecule has 1 rings (SSSR count). The van der Waals surface area contributed by atoms with Crippen molar-refractivity contribution in [2.75, 3.05) is 0 Å². The van der Waals surface area contributed by atoms with Crippen molar-refractivity contribution in [3.63, 3.8) is 0 Å². The van der Waals surface area contributed by atoms with E-state index < -0.39 is 11.7 Å². The second-order valence-electron chi connectivity index (χ2n) is 4.00. The van der Waals surface area contributed by atoms with Gasteiger partial charge in [-0.25, -0.2) is 0 Å². The van der Waals surface area contributed by atoms with Crippen LogP contribution in [0.3, 0.4) is 0 Å². The Kier molecular flexibility index (Phi) is 2.83. The third-order valence-corrected chi connectivity index (χ3v) is 2.70. The highest BCUT2D eigenvalue weighted by Crippen LogP contribution is 2.36.